The lowest BCUT2D eigenvalue weighted by molar-refractivity contribution is 1.29. The average Bonchev–Trinajstić information content (AvgIpc) is 3.45. The van der Waals surface area contributed by atoms with Crippen LogP contribution < -0.4 is 4.90 Å². The highest BCUT2D eigenvalue weighted by molar-refractivity contribution is 7.26. The van der Waals surface area contributed by atoms with E-state index in [0.717, 1.165) is 22.6 Å². The SMILES string of the molecule is c1ccc(-c2ccc(N(c3ccc(-c4ccccc4)cc3)c3ccc4sc5ccc6ncccc6c5c4c3)cc2)cc1. The largest absolute Gasteiger partial charge is 0.310 e. The van der Waals surface area contributed by atoms with Gasteiger partial charge in [0.25, 0.3) is 0 Å². The van der Waals surface area contributed by atoms with Gasteiger partial charge in [-0.25, -0.2) is 0 Å². The Morgan fingerprint density at radius 2 is 0.976 bits per heavy atom. The number of rotatable bonds is 5. The smallest absolute Gasteiger partial charge is 0.0709 e. The van der Waals surface area contributed by atoms with Crippen molar-refractivity contribution < 1.29 is 0 Å². The van der Waals surface area contributed by atoms with Crippen molar-refractivity contribution in [2.75, 3.05) is 4.90 Å². The van der Waals surface area contributed by atoms with E-state index in [1.165, 1.54) is 47.8 Å². The zero-order valence-electron chi connectivity index (χ0n) is 22.8. The molecule has 3 heteroatoms. The molecule has 0 radical (unpaired) electrons. The third-order valence-corrected chi connectivity index (χ3v) is 9.06. The molecular weight excluding hydrogens is 529 g/mol. The number of anilines is 3. The van der Waals surface area contributed by atoms with Gasteiger partial charge in [-0.15, -0.1) is 11.3 Å². The predicted octanol–water partition coefficient (Wildman–Crippen LogP) is 11.4. The maximum atomic E-state index is 4.63. The van der Waals surface area contributed by atoms with Crippen molar-refractivity contribution >= 4 is 59.5 Å². The normalized spacial score (nSPS) is 11.3. The molecule has 0 N–H and O–H groups in total. The fourth-order valence-electron chi connectivity index (χ4n) is 5.87. The molecule has 198 valence electrons. The van der Waals surface area contributed by atoms with Crippen molar-refractivity contribution in [3.05, 3.63) is 158 Å². The van der Waals surface area contributed by atoms with Gasteiger partial charge in [0.1, 0.15) is 0 Å². The van der Waals surface area contributed by atoms with Gasteiger partial charge in [-0.05, 0) is 82.9 Å². The van der Waals surface area contributed by atoms with E-state index in [4.69, 9.17) is 0 Å². The molecule has 0 aliphatic heterocycles. The summed E-state index contributed by atoms with van der Waals surface area (Å²) in [6.45, 7) is 0. The van der Waals surface area contributed by atoms with E-state index in [9.17, 15) is 0 Å². The van der Waals surface area contributed by atoms with E-state index in [1.807, 2.05) is 23.6 Å². The van der Waals surface area contributed by atoms with Gasteiger partial charge in [0.05, 0.1) is 5.52 Å². The number of thiophene rings is 1. The first-order valence-electron chi connectivity index (χ1n) is 14.1. The summed E-state index contributed by atoms with van der Waals surface area (Å²) in [4.78, 5) is 6.99. The van der Waals surface area contributed by atoms with Crippen LogP contribution in [0.3, 0.4) is 0 Å². The summed E-state index contributed by atoms with van der Waals surface area (Å²) in [6, 6.07) is 54.3. The molecule has 2 heterocycles. The zero-order valence-corrected chi connectivity index (χ0v) is 23.6. The molecule has 6 aromatic carbocycles. The molecule has 0 aliphatic carbocycles. The molecule has 0 saturated heterocycles. The van der Waals surface area contributed by atoms with Crippen LogP contribution in [0.4, 0.5) is 17.1 Å². The topological polar surface area (TPSA) is 16.1 Å². The van der Waals surface area contributed by atoms with Crippen LogP contribution >= 0.6 is 11.3 Å². The monoisotopic (exact) mass is 554 g/mol. The van der Waals surface area contributed by atoms with E-state index in [1.54, 1.807) is 0 Å². The minimum atomic E-state index is 1.03. The van der Waals surface area contributed by atoms with Crippen molar-refractivity contribution in [2.45, 2.75) is 0 Å². The minimum Gasteiger partial charge on any atom is -0.310 e. The summed E-state index contributed by atoms with van der Waals surface area (Å²) in [5.41, 5.74) is 9.24. The minimum absolute atomic E-state index is 1.03. The number of aromatic nitrogens is 1. The number of pyridine rings is 1. The Morgan fingerprint density at radius 1 is 0.429 bits per heavy atom. The van der Waals surface area contributed by atoms with Crippen molar-refractivity contribution in [3.63, 3.8) is 0 Å². The van der Waals surface area contributed by atoms with Crippen LogP contribution in [0.5, 0.6) is 0 Å². The van der Waals surface area contributed by atoms with Crippen LogP contribution in [-0.2, 0) is 0 Å². The Balaban J connectivity index is 1.29. The number of benzene rings is 6. The summed E-state index contributed by atoms with van der Waals surface area (Å²) in [5, 5.41) is 3.74. The predicted molar refractivity (Wildman–Crippen MR) is 180 cm³/mol. The van der Waals surface area contributed by atoms with Gasteiger partial charge in [0, 0.05) is 48.8 Å². The summed E-state index contributed by atoms with van der Waals surface area (Å²) in [7, 11) is 0. The number of hydrogen-bond acceptors (Lipinski definition) is 3. The molecular formula is C39H26N2S. The fraction of sp³-hybridized carbons (Fsp3) is 0. The van der Waals surface area contributed by atoms with E-state index in [-0.39, 0.29) is 0 Å². The highest BCUT2D eigenvalue weighted by atomic mass is 32.1. The van der Waals surface area contributed by atoms with Crippen molar-refractivity contribution in [3.8, 4) is 22.3 Å². The number of nitrogens with zero attached hydrogens (tertiary/aromatic N) is 2. The van der Waals surface area contributed by atoms with Gasteiger partial charge >= 0.3 is 0 Å². The molecule has 0 aliphatic rings. The molecule has 8 rings (SSSR count). The maximum absolute atomic E-state index is 4.63. The highest BCUT2D eigenvalue weighted by Crippen LogP contribution is 2.43. The molecule has 42 heavy (non-hydrogen) atoms. The lowest BCUT2D eigenvalue weighted by Crippen LogP contribution is -2.09. The summed E-state index contributed by atoms with van der Waals surface area (Å²) < 4.78 is 2.57. The molecule has 8 aromatic rings. The van der Waals surface area contributed by atoms with Crippen LogP contribution in [0.15, 0.2) is 158 Å². The molecule has 0 spiro atoms. The number of fused-ring (bicyclic) bond motifs is 5. The molecule has 2 nitrogen and oxygen atoms in total. The maximum Gasteiger partial charge on any atom is 0.0709 e. The van der Waals surface area contributed by atoms with Crippen molar-refractivity contribution in [1.29, 1.82) is 0 Å². The molecule has 2 aromatic heterocycles. The molecule has 0 atom stereocenters. The fourth-order valence-corrected chi connectivity index (χ4v) is 6.97. The Bertz CT molecular complexity index is 2080. The van der Waals surface area contributed by atoms with Gasteiger partial charge < -0.3 is 4.90 Å². The van der Waals surface area contributed by atoms with E-state index in [2.05, 4.69) is 155 Å². The second kappa shape index (κ2) is 10.3. The van der Waals surface area contributed by atoms with Gasteiger partial charge in [-0.3, -0.25) is 4.98 Å². The standard InChI is InChI=1S/C39H26N2S/c1-3-8-27(9-4-1)29-13-17-31(18-14-29)41(32-19-15-30(16-20-32)28-10-5-2-6-11-28)33-21-23-37-35(26-33)39-34-12-7-25-40-36(34)22-24-38(39)42-37/h1-26H. The first-order valence-corrected chi connectivity index (χ1v) is 14.9. The van der Waals surface area contributed by atoms with Crippen LogP contribution in [0, 0.1) is 0 Å². The van der Waals surface area contributed by atoms with Crippen LogP contribution in [0.25, 0.3) is 53.3 Å². The van der Waals surface area contributed by atoms with Crippen LogP contribution in [0.1, 0.15) is 0 Å². The lowest BCUT2D eigenvalue weighted by Gasteiger charge is -2.26. The Hall–Kier alpha value is -5.25. The molecule has 0 amide bonds. The lowest BCUT2D eigenvalue weighted by atomic mass is 10.0. The van der Waals surface area contributed by atoms with Gasteiger partial charge in [0.2, 0.25) is 0 Å². The quantitative estimate of drug-likeness (QED) is 0.210. The molecule has 0 unspecified atom stereocenters. The van der Waals surface area contributed by atoms with Gasteiger partial charge in [0.15, 0.2) is 0 Å². The van der Waals surface area contributed by atoms with Crippen LogP contribution in [-0.4, -0.2) is 4.98 Å². The molecule has 0 saturated carbocycles. The van der Waals surface area contributed by atoms with Crippen molar-refractivity contribution in [1.82, 2.24) is 4.98 Å². The summed E-state index contributed by atoms with van der Waals surface area (Å²) in [5.74, 6) is 0. The zero-order chi connectivity index (χ0) is 27.9. The van der Waals surface area contributed by atoms with Crippen LogP contribution in [0.2, 0.25) is 0 Å². The highest BCUT2D eigenvalue weighted by Gasteiger charge is 2.16. The van der Waals surface area contributed by atoms with Gasteiger partial charge in [-0.1, -0.05) is 91.0 Å². The summed E-state index contributed by atoms with van der Waals surface area (Å²) in [6.07, 6.45) is 1.87. The second-order valence-corrected chi connectivity index (χ2v) is 11.5. The van der Waals surface area contributed by atoms with E-state index in [0.29, 0.717) is 0 Å². The third-order valence-electron chi connectivity index (χ3n) is 7.92. The molecule has 0 fully saturated rings. The van der Waals surface area contributed by atoms with Crippen molar-refractivity contribution in [2.24, 2.45) is 0 Å². The first kappa shape index (κ1) is 24.5. The molecule has 0 bridgehead atoms. The first-order chi connectivity index (χ1) is 20.8. The second-order valence-electron chi connectivity index (χ2n) is 10.5. The average molecular weight is 555 g/mol. The Labute approximate surface area is 248 Å². The Morgan fingerprint density at radius 3 is 1.60 bits per heavy atom. The van der Waals surface area contributed by atoms with E-state index >= 15 is 0 Å². The number of hydrogen-bond donors (Lipinski definition) is 0. The summed E-state index contributed by atoms with van der Waals surface area (Å²) >= 11 is 1.84. The van der Waals surface area contributed by atoms with E-state index < -0.39 is 0 Å². The Kier molecular flexibility index (Phi) is 6.02. The van der Waals surface area contributed by atoms with Gasteiger partial charge in [-0.2, -0.15) is 0 Å². The third kappa shape index (κ3) is 4.32.